The van der Waals surface area contributed by atoms with Crippen molar-refractivity contribution < 1.29 is 19.4 Å². The molecule has 0 rings (SSSR count). The number of Topliss-reactive ketones (excluding diaryl/α,β-unsaturated/α-hetero) is 1. The minimum absolute atomic E-state index is 0.0319. The number of aliphatic hydroxyl groups is 1. The maximum atomic E-state index is 10.6. The Kier molecular flexibility index (Phi) is 5.37. The van der Waals surface area contributed by atoms with Crippen LogP contribution in [0.4, 0.5) is 0 Å². The van der Waals surface area contributed by atoms with Crippen LogP contribution in [0, 0.1) is 0 Å². The van der Waals surface area contributed by atoms with Crippen molar-refractivity contribution in [2.24, 2.45) is 0 Å². The summed E-state index contributed by atoms with van der Waals surface area (Å²) in [7, 11) is 0. The lowest BCUT2D eigenvalue weighted by molar-refractivity contribution is -0.146. The molecule has 4 nitrogen and oxygen atoms in total. The summed E-state index contributed by atoms with van der Waals surface area (Å²) in [5.74, 6) is -0.709. The molecule has 4 heteroatoms. The first-order valence-electron chi connectivity index (χ1n) is 3.49. The SMILES string of the molecule is CCC(=O)CC(=O)OCCO. The highest BCUT2D eigenvalue weighted by Crippen LogP contribution is 1.91. The normalized spacial score (nSPS) is 9.27. The molecule has 0 bridgehead atoms. The Bertz CT molecular complexity index is 141. The summed E-state index contributed by atoms with van der Waals surface area (Å²) in [6.45, 7) is 1.45. The van der Waals surface area contributed by atoms with E-state index in [9.17, 15) is 9.59 Å². The molecule has 0 saturated carbocycles. The number of hydrogen-bond donors (Lipinski definition) is 1. The average Bonchev–Trinajstić information content (AvgIpc) is 2.00. The molecule has 0 aliphatic heterocycles. The molecule has 0 aliphatic carbocycles. The van der Waals surface area contributed by atoms with Crippen LogP contribution in [0.25, 0.3) is 0 Å². The van der Waals surface area contributed by atoms with Gasteiger partial charge in [-0.3, -0.25) is 9.59 Å². The van der Waals surface area contributed by atoms with Gasteiger partial charge in [-0.25, -0.2) is 0 Å². The molecule has 0 unspecified atom stereocenters. The molecule has 0 atom stereocenters. The van der Waals surface area contributed by atoms with Gasteiger partial charge in [0.25, 0.3) is 0 Å². The smallest absolute Gasteiger partial charge is 0.313 e. The number of ketones is 1. The van der Waals surface area contributed by atoms with E-state index in [1.807, 2.05) is 0 Å². The van der Waals surface area contributed by atoms with Crippen LogP contribution in [0.2, 0.25) is 0 Å². The van der Waals surface area contributed by atoms with Gasteiger partial charge in [-0.05, 0) is 0 Å². The van der Waals surface area contributed by atoms with Crippen LogP contribution in [0.3, 0.4) is 0 Å². The van der Waals surface area contributed by atoms with Crippen LogP contribution in [-0.2, 0) is 14.3 Å². The molecule has 0 aromatic carbocycles. The zero-order chi connectivity index (χ0) is 8.69. The summed E-state index contributed by atoms with van der Waals surface area (Å²) < 4.78 is 4.45. The second-order valence-corrected chi connectivity index (χ2v) is 2.01. The van der Waals surface area contributed by atoms with Crippen LogP contribution in [0.15, 0.2) is 0 Å². The number of esters is 1. The third kappa shape index (κ3) is 5.54. The van der Waals surface area contributed by atoms with Crippen molar-refractivity contribution in [2.45, 2.75) is 19.8 Å². The Morgan fingerprint density at radius 2 is 2.09 bits per heavy atom. The largest absolute Gasteiger partial charge is 0.463 e. The highest BCUT2D eigenvalue weighted by Gasteiger charge is 2.07. The van der Waals surface area contributed by atoms with E-state index < -0.39 is 5.97 Å². The fraction of sp³-hybridized carbons (Fsp3) is 0.714. The number of carbonyl (C=O) groups excluding carboxylic acids is 2. The molecule has 0 amide bonds. The quantitative estimate of drug-likeness (QED) is 0.450. The molecular formula is C7H12O4. The lowest BCUT2D eigenvalue weighted by atomic mass is 10.2. The van der Waals surface area contributed by atoms with Gasteiger partial charge in [0, 0.05) is 6.42 Å². The second-order valence-electron chi connectivity index (χ2n) is 2.01. The summed E-state index contributed by atoms with van der Waals surface area (Å²) >= 11 is 0. The van der Waals surface area contributed by atoms with Crippen LogP contribution < -0.4 is 0 Å². The fourth-order valence-electron chi connectivity index (χ4n) is 0.496. The first-order chi connectivity index (χ1) is 5.20. The minimum atomic E-state index is -0.564. The van der Waals surface area contributed by atoms with Gasteiger partial charge in [0.05, 0.1) is 6.61 Å². The van der Waals surface area contributed by atoms with Crippen LogP contribution in [0.5, 0.6) is 0 Å². The van der Waals surface area contributed by atoms with Gasteiger partial charge in [-0.2, -0.15) is 0 Å². The predicted molar refractivity (Wildman–Crippen MR) is 38.0 cm³/mol. The maximum Gasteiger partial charge on any atom is 0.313 e. The molecule has 64 valence electrons. The van der Waals surface area contributed by atoms with Crippen LogP contribution >= 0.6 is 0 Å². The molecule has 0 saturated heterocycles. The molecular weight excluding hydrogens is 148 g/mol. The standard InChI is InChI=1S/C7H12O4/c1-2-6(9)5-7(10)11-4-3-8/h8H,2-5H2,1H3. The fourth-order valence-corrected chi connectivity index (χ4v) is 0.496. The van der Waals surface area contributed by atoms with Gasteiger partial charge in [-0.1, -0.05) is 6.92 Å². The van der Waals surface area contributed by atoms with Crippen LogP contribution in [-0.4, -0.2) is 30.1 Å². The molecule has 0 fully saturated rings. The van der Waals surface area contributed by atoms with E-state index >= 15 is 0 Å². The van der Waals surface area contributed by atoms with Gasteiger partial charge < -0.3 is 9.84 Å². The van der Waals surface area contributed by atoms with E-state index in [1.54, 1.807) is 6.92 Å². The molecule has 1 N–H and O–H groups in total. The molecule has 0 radical (unpaired) electrons. The molecule has 0 spiro atoms. The van der Waals surface area contributed by atoms with Crippen molar-refractivity contribution >= 4 is 11.8 Å². The first kappa shape index (κ1) is 10.1. The molecule has 0 heterocycles. The van der Waals surface area contributed by atoms with Crippen molar-refractivity contribution in [3.05, 3.63) is 0 Å². The Morgan fingerprint density at radius 3 is 2.55 bits per heavy atom. The summed E-state index contributed by atoms with van der Waals surface area (Å²) in [5, 5.41) is 8.24. The van der Waals surface area contributed by atoms with E-state index in [0.29, 0.717) is 6.42 Å². The minimum Gasteiger partial charge on any atom is -0.463 e. The van der Waals surface area contributed by atoms with E-state index in [0.717, 1.165) is 0 Å². The molecule has 0 aromatic heterocycles. The Hall–Kier alpha value is -0.900. The van der Waals surface area contributed by atoms with Crippen molar-refractivity contribution in [1.82, 2.24) is 0 Å². The Morgan fingerprint density at radius 1 is 1.45 bits per heavy atom. The summed E-state index contributed by atoms with van der Waals surface area (Å²) in [6.07, 6.45) is 0.157. The molecule has 0 aliphatic rings. The summed E-state index contributed by atoms with van der Waals surface area (Å²) in [4.78, 5) is 21.2. The van der Waals surface area contributed by atoms with E-state index in [4.69, 9.17) is 5.11 Å². The topological polar surface area (TPSA) is 63.6 Å². The average molecular weight is 160 g/mol. The number of ether oxygens (including phenoxy) is 1. The maximum absolute atomic E-state index is 10.6. The van der Waals surface area contributed by atoms with E-state index in [1.165, 1.54) is 0 Å². The van der Waals surface area contributed by atoms with Crippen molar-refractivity contribution in [1.29, 1.82) is 0 Å². The van der Waals surface area contributed by atoms with Crippen LogP contribution in [0.1, 0.15) is 19.8 Å². The van der Waals surface area contributed by atoms with E-state index in [-0.39, 0.29) is 25.4 Å². The van der Waals surface area contributed by atoms with Gasteiger partial charge in [0.2, 0.25) is 0 Å². The third-order valence-corrected chi connectivity index (χ3v) is 1.09. The summed E-state index contributed by atoms with van der Waals surface area (Å²) in [5.41, 5.74) is 0. The summed E-state index contributed by atoms with van der Waals surface area (Å²) in [6, 6.07) is 0. The van der Waals surface area contributed by atoms with Crippen molar-refractivity contribution in [3.8, 4) is 0 Å². The highest BCUT2D eigenvalue weighted by atomic mass is 16.5. The Labute approximate surface area is 65.2 Å². The Balaban J connectivity index is 3.44. The lowest BCUT2D eigenvalue weighted by Crippen LogP contribution is -2.12. The van der Waals surface area contributed by atoms with Crippen molar-refractivity contribution in [2.75, 3.05) is 13.2 Å². The third-order valence-electron chi connectivity index (χ3n) is 1.09. The van der Waals surface area contributed by atoms with Gasteiger partial charge in [0.15, 0.2) is 0 Å². The lowest BCUT2D eigenvalue weighted by Gasteiger charge is -1.99. The second kappa shape index (κ2) is 5.85. The first-order valence-corrected chi connectivity index (χ1v) is 3.49. The monoisotopic (exact) mass is 160 g/mol. The van der Waals surface area contributed by atoms with Gasteiger partial charge >= 0.3 is 5.97 Å². The van der Waals surface area contributed by atoms with Gasteiger partial charge in [-0.15, -0.1) is 0 Å². The molecule has 11 heavy (non-hydrogen) atoms. The number of rotatable bonds is 5. The number of hydrogen-bond acceptors (Lipinski definition) is 4. The number of aliphatic hydroxyl groups excluding tert-OH is 1. The van der Waals surface area contributed by atoms with Crippen molar-refractivity contribution in [3.63, 3.8) is 0 Å². The highest BCUT2D eigenvalue weighted by molar-refractivity contribution is 5.95. The van der Waals surface area contributed by atoms with E-state index in [2.05, 4.69) is 4.74 Å². The zero-order valence-corrected chi connectivity index (χ0v) is 6.50. The van der Waals surface area contributed by atoms with Gasteiger partial charge in [0.1, 0.15) is 18.8 Å². The zero-order valence-electron chi connectivity index (χ0n) is 6.50. The predicted octanol–water partition coefficient (Wildman–Crippen LogP) is -0.109. The molecule has 0 aromatic rings. The number of carbonyl (C=O) groups is 2.